The fourth-order valence-corrected chi connectivity index (χ4v) is 5.04. The van der Waals surface area contributed by atoms with Gasteiger partial charge in [-0.05, 0) is 36.4 Å². The number of carbonyl (C=O) groups is 2. The van der Waals surface area contributed by atoms with E-state index in [4.69, 9.17) is 5.11 Å². The fraction of sp³-hybridized carbons (Fsp3) is 0.312. The van der Waals surface area contributed by atoms with E-state index < -0.39 is 16.0 Å². The Hall–Kier alpha value is -2.30. The monoisotopic (exact) mass is 395 g/mol. The minimum Gasteiger partial charge on any atom is -0.477 e. The van der Waals surface area contributed by atoms with E-state index in [0.717, 1.165) is 11.3 Å². The predicted octanol–water partition coefficient (Wildman–Crippen LogP) is 1.42. The maximum Gasteiger partial charge on any atom is 0.354 e. The molecule has 2 aromatic rings. The summed E-state index contributed by atoms with van der Waals surface area (Å²) in [5.41, 5.74) is 0.191. The van der Waals surface area contributed by atoms with E-state index in [1.807, 2.05) is 0 Å². The lowest BCUT2D eigenvalue weighted by molar-refractivity contribution is 0.0682. The zero-order valence-corrected chi connectivity index (χ0v) is 15.3. The smallest absolute Gasteiger partial charge is 0.354 e. The van der Waals surface area contributed by atoms with Gasteiger partial charge in [0.1, 0.15) is 9.90 Å². The highest BCUT2D eigenvalue weighted by Crippen LogP contribution is 2.19. The van der Waals surface area contributed by atoms with Crippen molar-refractivity contribution in [2.24, 2.45) is 0 Å². The Balaban J connectivity index is 1.58. The van der Waals surface area contributed by atoms with Gasteiger partial charge < -0.3 is 10.0 Å². The molecule has 8 nitrogen and oxygen atoms in total. The van der Waals surface area contributed by atoms with Crippen LogP contribution < -0.4 is 4.72 Å². The standard InChI is InChI=1S/C16H17N3O5S2/c20-15(11-3-4-13(16(21)22)17-10-11)19-7-5-12(6-8-19)18-26(23,24)14-2-1-9-25-14/h1-4,9-10,12,18H,5-8H2,(H,21,22). The topological polar surface area (TPSA) is 117 Å². The van der Waals surface area contributed by atoms with E-state index in [1.54, 1.807) is 22.4 Å². The lowest BCUT2D eigenvalue weighted by Crippen LogP contribution is -2.46. The van der Waals surface area contributed by atoms with Crippen molar-refractivity contribution >= 4 is 33.2 Å². The maximum absolute atomic E-state index is 12.5. The first kappa shape index (κ1) is 18.5. The van der Waals surface area contributed by atoms with Gasteiger partial charge >= 0.3 is 5.97 Å². The number of thiophene rings is 1. The van der Waals surface area contributed by atoms with Crippen LogP contribution in [0.2, 0.25) is 0 Å². The summed E-state index contributed by atoms with van der Waals surface area (Å²) in [5.74, 6) is -1.39. The number of rotatable bonds is 5. The Morgan fingerprint density at radius 3 is 2.50 bits per heavy atom. The van der Waals surface area contributed by atoms with E-state index >= 15 is 0 Å². The molecule has 0 atom stereocenters. The first-order valence-electron chi connectivity index (χ1n) is 7.91. The Morgan fingerprint density at radius 1 is 1.23 bits per heavy atom. The molecule has 0 aliphatic carbocycles. The fourth-order valence-electron chi connectivity index (χ4n) is 2.72. The SMILES string of the molecule is O=C(O)c1ccc(C(=O)N2CCC(NS(=O)(=O)c3cccs3)CC2)cn1. The lowest BCUT2D eigenvalue weighted by atomic mass is 10.1. The van der Waals surface area contributed by atoms with Gasteiger partial charge in [0.15, 0.2) is 0 Å². The molecule has 1 aliphatic heterocycles. The third-order valence-corrected chi connectivity index (χ3v) is 7.01. The van der Waals surface area contributed by atoms with Gasteiger partial charge in [0.2, 0.25) is 10.0 Å². The number of pyridine rings is 1. The van der Waals surface area contributed by atoms with Crippen LogP contribution in [0.1, 0.15) is 33.7 Å². The Bertz CT molecular complexity index is 886. The molecule has 1 aliphatic rings. The van der Waals surface area contributed by atoms with Crippen LogP contribution in [-0.4, -0.2) is 54.4 Å². The van der Waals surface area contributed by atoms with Crippen molar-refractivity contribution in [3.05, 3.63) is 47.1 Å². The number of carboxylic acids is 1. The predicted molar refractivity (Wildman–Crippen MR) is 94.8 cm³/mol. The summed E-state index contributed by atoms with van der Waals surface area (Å²) in [6.45, 7) is 0.828. The van der Waals surface area contributed by atoms with Crippen LogP contribution in [0.5, 0.6) is 0 Å². The van der Waals surface area contributed by atoms with Crippen LogP contribution in [-0.2, 0) is 10.0 Å². The minimum atomic E-state index is -3.52. The second-order valence-corrected chi connectivity index (χ2v) is 8.75. The molecule has 0 radical (unpaired) electrons. The van der Waals surface area contributed by atoms with E-state index in [2.05, 4.69) is 9.71 Å². The van der Waals surface area contributed by atoms with Crippen LogP contribution in [0.25, 0.3) is 0 Å². The van der Waals surface area contributed by atoms with Crippen LogP contribution in [0.15, 0.2) is 40.1 Å². The molecule has 1 fully saturated rings. The highest BCUT2D eigenvalue weighted by Gasteiger charge is 2.27. The zero-order chi connectivity index (χ0) is 18.7. The average Bonchev–Trinajstić information content (AvgIpc) is 3.17. The molecular formula is C16H17N3O5S2. The van der Waals surface area contributed by atoms with Crippen molar-refractivity contribution in [3.8, 4) is 0 Å². The number of nitrogens with one attached hydrogen (secondary N) is 1. The summed E-state index contributed by atoms with van der Waals surface area (Å²) in [4.78, 5) is 28.6. The Morgan fingerprint density at radius 2 is 1.96 bits per heavy atom. The Kier molecular flexibility index (Phi) is 5.35. The summed E-state index contributed by atoms with van der Waals surface area (Å²) < 4.78 is 27.5. The zero-order valence-electron chi connectivity index (χ0n) is 13.7. The number of likely N-dealkylation sites (tertiary alicyclic amines) is 1. The molecule has 0 aromatic carbocycles. The van der Waals surface area contributed by atoms with E-state index in [0.29, 0.717) is 31.5 Å². The summed E-state index contributed by atoms with van der Waals surface area (Å²) in [7, 11) is -3.52. The van der Waals surface area contributed by atoms with Gasteiger partial charge in [-0.25, -0.2) is 22.9 Å². The summed E-state index contributed by atoms with van der Waals surface area (Å²) >= 11 is 1.16. The van der Waals surface area contributed by atoms with Crippen LogP contribution in [0.3, 0.4) is 0 Å². The first-order chi connectivity index (χ1) is 12.4. The van der Waals surface area contributed by atoms with Crippen molar-refractivity contribution in [2.45, 2.75) is 23.1 Å². The van der Waals surface area contributed by atoms with E-state index in [1.165, 1.54) is 18.3 Å². The molecule has 3 rings (SSSR count). The number of nitrogens with zero attached hydrogens (tertiary/aromatic N) is 2. The molecule has 1 amide bonds. The summed E-state index contributed by atoms with van der Waals surface area (Å²) in [6, 6.07) is 5.74. The van der Waals surface area contributed by atoms with Crippen LogP contribution >= 0.6 is 11.3 Å². The average molecular weight is 395 g/mol. The number of amides is 1. The number of carboxylic acid groups (broad SMARTS) is 1. The van der Waals surface area contributed by atoms with Gasteiger partial charge in [-0.2, -0.15) is 0 Å². The second kappa shape index (κ2) is 7.52. The number of piperidine rings is 1. The molecule has 10 heteroatoms. The molecule has 0 spiro atoms. The molecule has 0 bridgehead atoms. The normalized spacial score (nSPS) is 15.8. The van der Waals surface area contributed by atoms with Gasteiger partial charge in [-0.15, -0.1) is 11.3 Å². The largest absolute Gasteiger partial charge is 0.477 e. The Labute approximate surface area is 154 Å². The number of carbonyl (C=O) groups excluding carboxylic acids is 1. The van der Waals surface area contributed by atoms with Gasteiger partial charge in [-0.1, -0.05) is 6.07 Å². The number of aromatic carboxylic acids is 1. The van der Waals surface area contributed by atoms with Crippen molar-refractivity contribution < 1.29 is 23.1 Å². The van der Waals surface area contributed by atoms with E-state index in [9.17, 15) is 18.0 Å². The highest BCUT2D eigenvalue weighted by molar-refractivity contribution is 7.91. The minimum absolute atomic E-state index is 0.122. The van der Waals surface area contributed by atoms with Crippen molar-refractivity contribution in [1.29, 1.82) is 0 Å². The molecule has 0 saturated carbocycles. The van der Waals surface area contributed by atoms with Gasteiger partial charge in [0.05, 0.1) is 5.56 Å². The third-order valence-electron chi connectivity index (χ3n) is 4.09. The number of sulfonamides is 1. The number of hydrogen-bond acceptors (Lipinski definition) is 6. The van der Waals surface area contributed by atoms with Crippen molar-refractivity contribution in [1.82, 2.24) is 14.6 Å². The van der Waals surface area contributed by atoms with Crippen molar-refractivity contribution in [2.75, 3.05) is 13.1 Å². The number of aromatic nitrogens is 1. The van der Waals surface area contributed by atoms with Gasteiger partial charge in [-0.3, -0.25) is 4.79 Å². The molecular weight excluding hydrogens is 378 g/mol. The lowest BCUT2D eigenvalue weighted by Gasteiger charge is -2.32. The van der Waals surface area contributed by atoms with Gasteiger partial charge in [0.25, 0.3) is 5.91 Å². The molecule has 138 valence electrons. The molecule has 1 saturated heterocycles. The van der Waals surface area contributed by atoms with E-state index in [-0.39, 0.29) is 21.9 Å². The number of hydrogen-bond donors (Lipinski definition) is 2. The quantitative estimate of drug-likeness (QED) is 0.791. The second-order valence-electron chi connectivity index (χ2n) is 5.86. The summed E-state index contributed by atoms with van der Waals surface area (Å²) in [6.07, 6.45) is 2.27. The molecule has 2 aromatic heterocycles. The van der Waals surface area contributed by atoms with Gasteiger partial charge in [0, 0.05) is 25.3 Å². The molecule has 3 heterocycles. The highest BCUT2D eigenvalue weighted by atomic mass is 32.2. The van der Waals surface area contributed by atoms with Crippen LogP contribution in [0.4, 0.5) is 0 Å². The summed E-state index contributed by atoms with van der Waals surface area (Å²) in [5, 5.41) is 10.5. The third kappa shape index (κ3) is 4.09. The first-order valence-corrected chi connectivity index (χ1v) is 10.3. The van der Waals surface area contributed by atoms with Crippen LogP contribution in [0, 0.1) is 0 Å². The maximum atomic E-state index is 12.5. The molecule has 2 N–H and O–H groups in total. The van der Waals surface area contributed by atoms with Crippen molar-refractivity contribution in [3.63, 3.8) is 0 Å². The molecule has 26 heavy (non-hydrogen) atoms. The molecule has 0 unspecified atom stereocenters.